The van der Waals surface area contributed by atoms with Gasteiger partial charge < -0.3 is 5.32 Å². The fourth-order valence-electron chi connectivity index (χ4n) is 2.99. The van der Waals surface area contributed by atoms with Gasteiger partial charge in [-0.2, -0.15) is 0 Å². The topological polar surface area (TPSA) is 37.8 Å². The van der Waals surface area contributed by atoms with Crippen molar-refractivity contribution in [2.24, 2.45) is 0 Å². The molecule has 4 heteroatoms. The molecule has 4 rings (SSSR count). The van der Waals surface area contributed by atoms with E-state index >= 15 is 0 Å². The summed E-state index contributed by atoms with van der Waals surface area (Å²) >= 11 is 1.80. The fourth-order valence-corrected chi connectivity index (χ4v) is 3.91. The van der Waals surface area contributed by atoms with Crippen molar-refractivity contribution in [1.29, 1.82) is 0 Å². The van der Waals surface area contributed by atoms with E-state index in [-0.39, 0.29) is 5.41 Å². The van der Waals surface area contributed by atoms with Crippen molar-refractivity contribution in [2.75, 3.05) is 5.32 Å². The summed E-state index contributed by atoms with van der Waals surface area (Å²) < 4.78 is 1.27. The van der Waals surface area contributed by atoms with E-state index < -0.39 is 0 Å². The number of thiophene rings is 1. The summed E-state index contributed by atoms with van der Waals surface area (Å²) in [5.74, 6) is 0.634. The van der Waals surface area contributed by atoms with Crippen LogP contribution in [0.25, 0.3) is 21.0 Å². The highest BCUT2D eigenvalue weighted by Gasteiger charge is 2.14. The van der Waals surface area contributed by atoms with Crippen LogP contribution in [0.4, 0.5) is 11.6 Å². The van der Waals surface area contributed by atoms with Gasteiger partial charge in [-0.15, -0.1) is 11.3 Å². The molecule has 2 aromatic carbocycles. The lowest BCUT2D eigenvalue weighted by Crippen LogP contribution is -2.11. The van der Waals surface area contributed by atoms with Crippen LogP contribution >= 0.6 is 11.3 Å². The molecule has 1 N–H and O–H groups in total. The van der Waals surface area contributed by atoms with Gasteiger partial charge >= 0.3 is 0 Å². The molecule has 0 saturated carbocycles. The molecule has 0 amide bonds. The zero-order chi connectivity index (χ0) is 17.6. The molecule has 0 bridgehead atoms. The molecular formula is C21H21N3S. The van der Waals surface area contributed by atoms with E-state index in [0.717, 1.165) is 16.6 Å². The zero-order valence-corrected chi connectivity index (χ0v) is 15.7. The molecule has 3 nitrogen and oxygen atoms in total. The Bertz CT molecular complexity index is 1070. The number of anilines is 2. The molecule has 25 heavy (non-hydrogen) atoms. The van der Waals surface area contributed by atoms with Crippen molar-refractivity contribution in [3.63, 3.8) is 0 Å². The van der Waals surface area contributed by atoms with Crippen molar-refractivity contribution in [1.82, 2.24) is 9.97 Å². The third-order valence-electron chi connectivity index (χ3n) is 4.36. The summed E-state index contributed by atoms with van der Waals surface area (Å²) in [6.45, 7) is 8.78. The minimum Gasteiger partial charge on any atom is -0.324 e. The number of hydrogen-bond acceptors (Lipinski definition) is 4. The molecule has 2 aromatic heterocycles. The van der Waals surface area contributed by atoms with Gasteiger partial charge in [-0.05, 0) is 48.2 Å². The van der Waals surface area contributed by atoms with Gasteiger partial charge in [0.05, 0.1) is 5.52 Å². The number of benzene rings is 2. The second-order valence-electron chi connectivity index (χ2n) is 7.42. The van der Waals surface area contributed by atoms with Crippen LogP contribution in [-0.4, -0.2) is 9.97 Å². The lowest BCUT2D eigenvalue weighted by Gasteiger charge is -2.19. The highest BCUT2D eigenvalue weighted by atomic mass is 32.1. The molecule has 0 aliphatic heterocycles. The summed E-state index contributed by atoms with van der Waals surface area (Å²) in [6, 6.07) is 14.9. The van der Waals surface area contributed by atoms with Crippen LogP contribution in [0.3, 0.4) is 0 Å². The van der Waals surface area contributed by atoms with Gasteiger partial charge in [0, 0.05) is 32.2 Å². The highest BCUT2D eigenvalue weighted by Crippen LogP contribution is 2.31. The Balaban J connectivity index is 1.76. The third-order valence-corrected chi connectivity index (χ3v) is 5.37. The molecule has 0 fully saturated rings. The van der Waals surface area contributed by atoms with Gasteiger partial charge in [0.1, 0.15) is 0 Å². The minimum absolute atomic E-state index is 0.113. The van der Waals surface area contributed by atoms with Crippen LogP contribution in [-0.2, 0) is 5.41 Å². The SMILES string of the molecule is Cc1cc2c(ccc3cnc(Nc4cccc(C(C)(C)C)c4)nc32)s1. The Morgan fingerprint density at radius 3 is 2.68 bits per heavy atom. The van der Waals surface area contributed by atoms with Crippen LogP contribution in [0.2, 0.25) is 0 Å². The van der Waals surface area contributed by atoms with Gasteiger partial charge in [0.15, 0.2) is 0 Å². The normalized spacial score (nSPS) is 12.0. The average molecular weight is 347 g/mol. The molecule has 0 unspecified atom stereocenters. The first kappa shape index (κ1) is 16.0. The number of nitrogens with one attached hydrogen (secondary N) is 1. The van der Waals surface area contributed by atoms with E-state index in [1.165, 1.54) is 20.5 Å². The molecule has 2 heterocycles. The Labute approximate surface area is 151 Å². The first-order valence-electron chi connectivity index (χ1n) is 8.44. The molecule has 0 aliphatic rings. The van der Waals surface area contributed by atoms with Crippen LogP contribution in [0, 0.1) is 6.92 Å². The monoisotopic (exact) mass is 347 g/mol. The van der Waals surface area contributed by atoms with Crippen LogP contribution < -0.4 is 5.32 Å². The highest BCUT2D eigenvalue weighted by molar-refractivity contribution is 7.19. The summed E-state index contributed by atoms with van der Waals surface area (Å²) in [5, 5.41) is 5.63. The number of aryl methyl sites for hydroxylation is 1. The van der Waals surface area contributed by atoms with Gasteiger partial charge in [0.25, 0.3) is 0 Å². The second-order valence-corrected chi connectivity index (χ2v) is 8.71. The van der Waals surface area contributed by atoms with E-state index in [1.807, 2.05) is 6.20 Å². The Morgan fingerprint density at radius 2 is 1.88 bits per heavy atom. The largest absolute Gasteiger partial charge is 0.324 e. The maximum Gasteiger partial charge on any atom is 0.227 e. The zero-order valence-electron chi connectivity index (χ0n) is 14.9. The summed E-state index contributed by atoms with van der Waals surface area (Å²) in [4.78, 5) is 10.6. The quantitative estimate of drug-likeness (QED) is 0.469. The van der Waals surface area contributed by atoms with Gasteiger partial charge in [-0.25, -0.2) is 9.97 Å². The molecule has 0 atom stereocenters. The van der Waals surface area contributed by atoms with Crippen LogP contribution in [0.15, 0.2) is 48.7 Å². The van der Waals surface area contributed by atoms with Crippen molar-refractivity contribution < 1.29 is 0 Å². The second kappa shape index (κ2) is 5.81. The fraction of sp³-hybridized carbons (Fsp3) is 0.238. The smallest absolute Gasteiger partial charge is 0.227 e. The van der Waals surface area contributed by atoms with Crippen molar-refractivity contribution >= 4 is 44.0 Å². The predicted molar refractivity (Wildman–Crippen MR) is 108 cm³/mol. The first-order chi connectivity index (χ1) is 11.9. The summed E-state index contributed by atoms with van der Waals surface area (Å²) in [6.07, 6.45) is 1.89. The number of aromatic nitrogens is 2. The molecule has 4 aromatic rings. The van der Waals surface area contributed by atoms with E-state index in [2.05, 4.69) is 80.5 Å². The first-order valence-corrected chi connectivity index (χ1v) is 9.25. The Hall–Kier alpha value is -2.46. The standard InChI is InChI=1S/C21H21N3S/c1-13-10-17-18(25-13)9-8-14-12-22-20(24-19(14)17)23-16-7-5-6-15(11-16)21(2,3)4/h5-12H,1-4H3,(H,22,23,24). The Kier molecular flexibility index (Phi) is 3.73. The molecule has 0 spiro atoms. The molecular weight excluding hydrogens is 326 g/mol. The molecule has 126 valence electrons. The maximum atomic E-state index is 4.79. The summed E-state index contributed by atoms with van der Waals surface area (Å²) in [5.41, 5.74) is 3.42. The Morgan fingerprint density at radius 1 is 1.04 bits per heavy atom. The van der Waals surface area contributed by atoms with Crippen molar-refractivity contribution in [3.8, 4) is 0 Å². The van der Waals surface area contributed by atoms with Crippen LogP contribution in [0.5, 0.6) is 0 Å². The minimum atomic E-state index is 0.113. The lowest BCUT2D eigenvalue weighted by molar-refractivity contribution is 0.590. The number of nitrogens with zero attached hydrogens (tertiary/aromatic N) is 2. The molecule has 0 saturated heterocycles. The third kappa shape index (κ3) is 3.10. The van der Waals surface area contributed by atoms with E-state index in [1.54, 1.807) is 11.3 Å². The van der Waals surface area contributed by atoms with Crippen molar-refractivity contribution in [2.45, 2.75) is 33.1 Å². The van der Waals surface area contributed by atoms with Crippen LogP contribution in [0.1, 0.15) is 31.2 Å². The number of fused-ring (bicyclic) bond motifs is 3. The summed E-state index contributed by atoms with van der Waals surface area (Å²) in [7, 11) is 0. The van der Waals surface area contributed by atoms with E-state index in [9.17, 15) is 0 Å². The number of hydrogen-bond donors (Lipinski definition) is 1. The predicted octanol–water partition coefficient (Wildman–Crippen LogP) is 6.19. The lowest BCUT2D eigenvalue weighted by atomic mass is 9.87. The molecule has 0 aliphatic carbocycles. The van der Waals surface area contributed by atoms with Gasteiger partial charge in [-0.1, -0.05) is 32.9 Å². The molecule has 0 radical (unpaired) electrons. The van der Waals surface area contributed by atoms with Crippen molar-refractivity contribution in [3.05, 3.63) is 59.1 Å². The maximum absolute atomic E-state index is 4.79. The van der Waals surface area contributed by atoms with Gasteiger partial charge in [-0.3, -0.25) is 0 Å². The average Bonchev–Trinajstić information content (AvgIpc) is 2.95. The van der Waals surface area contributed by atoms with E-state index in [4.69, 9.17) is 4.98 Å². The number of rotatable bonds is 2. The van der Waals surface area contributed by atoms with Gasteiger partial charge in [0.2, 0.25) is 5.95 Å². The van der Waals surface area contributed by atoms with E-state index in [0.29, 0.717) is 5.95 Å².